The second kappa shape index (κ2) is 6.00. The maximum Gasteiger partial charge on any atom is 0.339 e. The summed E-state index contributed by atoms with van der Waals surface area (Å²) in [6, 6.07) is 13.7. The highest BCUT2D eigenvalue weighted by molar-refractivity contribution is 7.90. The summed E-state index contributed by atoms with van der Waals surface area (Å²) in [6.07, 6.45) is 0.238. The van der Waals surface area contributed by atoms with Crippen molar-refractivity contribution in [1.82, 2.24) is 9.62 Å². The maximum absolute atomic E-state index is 13.0. The van der Waals surface area contributed by atoms with Crippen LogP contribution in [0.5, 0.6) is 0 Å². The van der Waals surface area contributed by atoms with Gasteiger partial charge >= 0.3 is 6.03 Å². The monoisotopic (exact) mass is 358 g/mol. The first kappa shape index (κ1) is 17.2. The Morgan fingerprint density at radius 3 is 2.16 bits per heavy atom. The molecule has 1 aliphatic heterocycles. The average molecular weight is 358 g/mol. The number of nitrogens with zero attached hydrogens (tertiary/aromatic N) is 1. The number of hydrogen-bond acceptors (Lipinski definition) is 4. The van der Waals surface area contributed by atoms with Gasteiger partial charge in [0.15, 0.2) is 0 Å². The predicted molar refractivity (Wildman–Crippen MR) is 92.2 cm³/mol. The van der Waals surface area contributed by atoms with E-state index in [1.807, 2.05) is 6.92 Å². The number of sulfonamides is 1. The molecular formula is C18H18N2O4S. The van der Waals surface area contributed by atoms with Crippen molar-refractivity contribution in [2.24, 2.45) is 0 Å². The van der Waals surface area contributed by atoms with Crippen LogP contribution in [0.1, 0.15) is 24.5 Å². The van der Waals surface area contributed by atoms with E-state index in [0.717, 1.165) is 5.56 Å². The van der Waals surface area contributed by atoms with Gasteiger partial charge in [-0.1, -0.05) is 55.0 Å². The second-order valence-corrected chi connectivity index (χ2v) is 7.73. The van der Waals surface area contributed by atoms with Crippen molar-refractivity contribution < 1.29 is 18.0 Å². The minimum Gasteiger partial charge on any atom is -0.318 e. The third-order valence-corrected chi connectivity index (χ3v) is 6.09. The van der Waals surface area contributed by atoms with E-state index in [-0.39, 0.29) is 11.3 Å². The Kier molecular flexibility index (Phi) is 4.12. The Hall–Kier alpha value is -2.67. The number of benzene rings is 2. The fourth-order valence-corrected chi connectivity index (χ4v) is 4.28. The second-order valence-electron chi connectivity index (χ2n) is 5.94. The summed E-state index contributed by atoms with van der Waals surface area (Å²) in [6.45, 7) is 3.55. The van der Waals surface area contributed by atoms with Gasteiger partial charge in [0.1, 0.15) is 5.54 Å². The smallest absolute Gasteiger partial charge is 0.318 e. The predicted octanol–water partition coefficient (Wildman–Crippen LogP) is 2.54. The van der Waals surface area contributed by atoms with Crippen molar-refractivity contribution in [3.63, 3.8) is 0 Å². The van der Waals surface area contributed by atoms with Crippen LogP contribution in [-0.4, -0.2) is 24.7 Å². The van der Waals surface area contributed by atoms with Crippen molar-refractivity contribution >= 4 is 22.0 Å². The lowest BCUT2D eigenvalue weighted by molar-refractivity contribution is -0.128. The Morgan fingerprint density at radius 2 is 1.60 bits per heavy atom. The maximum atomic E-state index is 13.0. The van der Waals surface area contributed by atoms with Gasteiger partial charge in [0.25, 0.3) is 15.9 Å². The van der Waals surface area contributed by atoms with Crippen LogP contribution >= 0.6 is 0 Å². The number of carbonyl (C=O) groups excluding carboxylic acids is 2. The molecule has 1 aliphatic rings. The van der Waals surface area contributed by atoms with Crippen LogP contribution in [0.25, 0.3) is 0 Å². The van der Waals surface area contributed by atoms with Crippen molar-refractivity contribution in [1.29, 1.82) is 0 Å². The molecule has 0 saturated carbocycles. The van der Waals surface area contributed by atoms with Crippen LogP contribution in [0.3, 0.4) is 0 Å². The standard InChI is InChI=1S/C18H18N2O4S/c1-3-18(14-7-5-4-6-8-14)16(21)20(17(22)19-18)25(23,24)15-11-9-13(2)10-12-15/h4-12H,3H2,1-2H3,(H,19,22)/t18-/m0/s1. The van der Waals surface area contributed by atoms with Crippen molar-refractivity contribution in [3.8, 4) is 0 Å². The van der Waals surface area contributed by atoms with Crippen molar-refractivity contribution in [2.45, 2.75) is 30.7 Å². The Morgan fingerprint density at radius 1 is 1.00 bits per heavy atom. The Labute approximate surface area is 146 Å². The molecule has 1 atom stereocenters. The van der Waals surface area contributed by atoms with Crippen LogP contribution < -0.4 is 5.32 Å². The lowest BCUT2D eigenvalue weighted by atomic mass is 9.87. The summed E-state index contributed by atoms with van der Waals surface area (Å²) >= 11 is 0. The zero-order chi connectivity index (χ0) is 18.2. The molecule has 6 nitrogen and oxygen atoms in total. The van der Waals surface area contributed by atoms with Gasteiger partial charge < -0.3 is 5.32 Å². The molecule has 2 aromatic carbocycles. The lowest BCUT2D eigenvalue weighted by Gasteiger charge is -2.25. The molecule has 0 radical (unpaired) electrons. The first-order chi connectivity index (χ1) is 11.8. The van der Waals surface area contributed by atoms with Crippen molar-refractivity contribution in [3.05, 3.63) is 65.7 Å². The molecule has 2 aromatic rings. The molecule has 3 amide bonds. The molecule has 0 bridgehead atoms. The van der Waals surface area contributed by atoms with Gasteiger partial charge in [-0.15, -0.1) is 4.31 Å². The number of aryl methyl sites for hydroxylation is 1. The van der Waals surface area contributed by atoms with E-state index in [1.165, 1.54) is 12.1 Å². The van der Waals surface area contributed by atoms with Gasteiger partial charge in [0.2, 0.25) is 0 Å². The van der Waals surface area contributed by atoms with Gasteiger partial charge in [-0.3, -0.25) is 4.79 Å². The first-order valence-electron chi connectivity index (χ1n) is 7.87. The van der Waals surface area contributed by atoms with Gasteiger partial charge in [-0.2, -0.15) is 0 Å². The number of rotatable bonds is 4. The lowest BCUT2D eigenvalue weighted by Crippen LogP contribution is -2.44. The Bertz CT molecular complexity index is 923. The SMILES string of the molecule is CC[C@@]1(c2ccccc2)NC(=O)N(S(=O)(=O)c2ccc(C)cc2)C1=O. The molecular weight excluding hydrogens is 340 g/mol. The third kappa shape index (κ3) is 2.60. The van der Waals surface area contributed by atoms with Crippen LogP contribution in [0.2, 0.25) is 0 Å². The van der Waals surface area contributed by atoms with Crippen LogP contribution in [0.15, 0.2) is 59.5 Å². The summed E-state index contributed by atoms with van der Waals surface area (Å²) in [4.78, 5) is 25.4. The van der Waals surface area contributed by atoms with Crippen molar-refractivity contribution in [2.75, 3.05) is 0 Å². The minimum atomic E-state index is -4.27. The highest BCUT2D eigenvalue weighted by Gasteiger charge is 2.55. The summed E-state index contributed by atoms with van der Waals surface area (Å²) < 4.78 is 26.0. The number of amides is 3. The van der Waals surface area contributed by atoms with E-state index in [2.05, 4.69) is 5.32 Å². The zero-order valence-corrected chi connectivity index (χ0v) is 14.7. The summed E-state index contributed by atoms with van der Waals surface area (Å²) in [5, 5.41) is 2.58. The fraction of sp³-hybridized carbons (Fsp3) is 0.222. The van der Waals surface area contributed by atoms with Gasteiger partial charge in [0, 0.05) is 0 Å². The molecule has 0 spiro atoms. The average Bonchev–Trinajstić information content (AvgIpc) is 2.87. The molecule has 1 heterocycles. The van der Waals surface area contributed by atoms with E-state index >= 15 is 0 Å². The van der Waals surface area contributed by atoms with Gasteiger partial charge in [0.05, 0.1) is 4.90 Å². The zero-order valence-electron chi connectivity index (χ0n) is 13.9. The number of nitrogens with one attached hydrogen (secondary N) is 1. The Balaban J connectivity index is 2.08. The number of hydrogen-bond donors (Lipinski definition) is 1. The third-order valence-electron chi connectivity index (χ3n) is 4.41. The molecule has 0 aromatic heterocycles. The van der Waals surface area contributed by atoms with E-state index < -0.39 is 27.5 Å². The van der Waals surface area contributed by atoms with Crippen LogP contribution in [0, 0.1) is 6.92 Å². The van der Waals surface area contributed by atoms with E-state index in [1.54, 1.807) is 49.4 Å². The molecule has 0 unspecified atom stereocenters. The molecule has 1 fully saturated rings. The molecule has 7 heteroatoms. The number of urea groups is 1. The molecule has 0 aliphatic carbocycles. The normalized spacial score (nSPS) is 20.6. The molecule has 1 saturated heterocycles. The van der Waals surface area contributed by atoms with E-state index in [4.69, 9.17) is 0 Å². The summed E-state index contributed by atoms with van der Waals surface area (Å²) in [7, 11) is -4.27. The summed E-state index contributed by atoms with van der Waals surface area (Å²) in [5.74, 6) is -0.785. The van der Waals surface area contributed by atoms with E-state index in [9.17, 15) is 18.0 Å². The largest absolute Gasteiger partial charge is 0.339 e. The van der Waals surface area contributed by atoms with Gasteiger partial charge in [-0.25, -0.2) is 13.2 Å². The van der Waals surface area contributed by atoms with Crippen LogP contribution in [0.4, 0.5) is 4.79 Å². The summed E-state index contributed by atoms with van der Waals surface area (Å²) in [5.41, 5.74) is 0.0524. The van der Waals surface area contributed by atoms with E-state index in [0.29, 0.717) is 9.87 Å². The first-order valence-corrected chi connectivity index (χ1v) is 9.31. The molecule has 3 rings (SSSR count). The molecule has 130 valence electrons. The number of imide groups is 1. The van der Waals surface area contributed by atoms with Crippen LogP contribution in [-0.2, 0) is 20.4 Å². The molecule has 25 heavy (non-hydrogen) atoms. The number of carbonyl (C=O) groups is 2. The quantitative estimate of drug-likeness (QED) is 0.852. The van der Waals surface area contributed by atoms with Gasteiger partial charge in [-0.05, 0) is 31.0 Å². The highest BCUT2D eigenvalue weighted by atomic mass is 32.2. The minimum absolute atomic E-state index is 0.0958. The topological polar surface area (TPSA) is 83.6 Å². The highest BCUT2D eigenvalue weighted by Crippen LogP contribution is 2.35. The fourth-order valence-electron chi connectivity index (χ4n) is 2.95. The molecule has 1 N–H and O–H groups in total.